The second-order valence-corrected chi connectivity index (χ2v) is 4.56. The maximum absolute atomic E-state index is 11.9. The molecule has 0 saturated carbocycles. The predicted octanol–water partition coefficient (Wildman–Crippen LogP) is 0.458. The zero-order valence-corrected chi connectivity index (χ0v) is 11.8. The molecule has 5 heteroatoms. The van der Waals surface area contributed by atoms with E-state index in [1.807, 2.05) is 31.2 Å². The van der Waals surface area contributed by atoms with Crippen molar-refractivity contribution < 1.29 is 0 Å². The number of H-pyrrole nitrogens is 1. The standard InChI is InChI=1S/C16H17N3O2/c1-2-12-10-19(16(21)18-15(12)20)11-14-7-4-3-6-13(14)8-5-9-17/h3-4,6-7,10H,2,9,11,17H2,1H3,(H,18,20,21). The third-order valence-corrected chi connectivity index (χ3v) is 3.15. The molecule has 0 aliphatic heterocycles. The van der Waals surface area contributed by atoms with Gasteiger partial charge in [-0.15, -0.1) is 0 Å². The summed E-state index contributed by atoms with van der Waals surface area (Å²) in [5, 5.41) is 0. The Bertz CT molecular complexity index is 806. The lowest BCUT2D eigenvalue weighted by Gasteiger charge is -2.08. The van der Waals surface area contributed by atoms with Gasteiger partial charge in [-0.05, 0) is 18.1 Å². The summed E-state index contributed by atoms with van der Waals surface area (Å²) in [6.45, 7) is 2.52. The van der Waals surface area contributed by atoms with E-state index in [1.165, 1.54) is 4.57 Å². The van der Waals surface area contributed by atoms with E-state index in [4.69, 9.17) is 5.73 Å². The molecule has 0 aliphatic carbocycles. The largest absolute Gasteiger partial charge is 0.328 e. The molecule has 5 nitrogen and oxygen atoms in total. The van der Waals surface area contributed by atoms with E-state index in [0.717, 1.165) is 11.1 Å². The second-order valence-electron chi connectivity index (χ2n) is 4.56. The molecule has 0 unspecified atom stereocenters. The Hall–Kier alpha value is -2.58. The fourth-order valence-corrected chi connectivity index (χ4v) is 2.03. The molecule has 0 bridgehead atoms. The summed E-state index contributed by atoms with van der Waals surface area (Å²) in [6, 6.07) is 7.57. The van der Waals surface area contributed by atoms with Crippen LogP contribution in [0.3, 0.4) is 0 Å². The van der Waals surface area contributed by atoms with E-state index in [0.29, 0.717) is 18.5 Å². The number of aryl methyl sites for hydroxylation is 1. The zero-order chi connectivity index (χ0) is 15.2. The Kier molecular flexibility index (Phi) is 4.75. The van der Waals surface area contributed by atoms with Crippen molar-refractivity contribution in [1.82, 2.24) is 9.55 Å². The first kappa shape index (κ1) is 14.8. The van der Waals surface area contributed by atoms with Crippen molar-refractivity contribution in [3.05, 3.63) is 68.0 Å². The lowest BCUT2D eigenvalue weighted by Crippen LogP contribution is -2.32. The zero-order valence-electron chi connectivity index (χ0n) is 11.8. The molecule has 21 heavy (non-hydrogen) atoms. The van der Waals surface area contributed by atoms with Crippen LogP contribution in [0.15, 0.2) is 40.1 Å². The van der Waals surface area contributed by atoms with Crippen molar-refractivity contribution in [2.24, 2.45) is 5.73 Å². The number of aromatic amines is 1. The molecular formula is C16H17N3O2. The van der Waals surface area contributed by atoms with Gasteiger partial charge < -0.3 is 5.73 Å². The third-order valence-electron chi connectivity index (χ3n) is 3.15. The van der Waals surface area contributed by atoms with Gasteiger partial charge >= 0.3 is 5.69 Å². The van der Waals surface area contributed by atoms with Gasteiger partial charge in [-0.2, -0.15) is 0 Å². The fourth-order valence-electron chi connectivity index (χ4n) is 2.03. The third kappa shape index (κ3) is 3.50. The molecule has 0 saturated heterocycles. The molecule has 0 amide bonds. The van der Waals surface area contributed by atoms with Crippen molar-refractivity contribution in [2.45, 2.75) is 19.9 Å². The molecule has 1 heterocycles. The Labute approximate surface area is 122 Å². The summed E-state index contributed by atoms with van der Waals surface area (Å²) in [7, 11) is 0. The van der Waals surface area contributed by atoms with Gasteiger partial charge in [-0.3, -0.25) is 14.3 Å². The van der Waals surface area contributed by atoms with Gasteiger partial charge in [-0.1, -0.05) is 37.0 Å². The molecule has 0 fully saturated rings. The molecule has 0 spiro atoms. The second kappa shape index (κ2) is 6.73. The number of rotatable bonds is 3. The van der Waals surface area contributed by atoms with Gasteiger partial charge in [0.2, 0.25) is 0 Å². The smallest absolute Gasteiger partial charge is 0.320 e. The Morgan fingerprint density at radius 1 is 1.24 bits per heavy atom. The number of hydrogen-bond acceptors (Lipinski definition) is 3. The topological polar surface area (TPSA) is 80.9 Å². The van der Waals surface area contributed by atoms with Crippen LogP contribution in [-0.2, 0) is 13.0 Å². The molecule has 2 rings (SSSR count). The van der Waals surface area contributed by atoms with Gasteiger partial charge in [0.05, 0.1) is 13.1 Å². The number of nitrogens with one attached hydrogen (secondary N) is 1. The van der Waals surface area contributed by atoms with E-state index in [1.54, 1.807) is 6.20 Å². The monoisotopic (exact) mass is 283 g/mol. The van der Waals surface area contributed by atoms with Crippen LogP contribution in [0.25, 0.3) is 0 Å². The first-order valence-electron chi connectivity index (χ1n) is 6.75. The van der Waals surface area contributed by atoms with Crippen LogP contribution in [0.4, 0.5) is 0 Å². The molecule has 0 atom stereocenters. The van der Waals surface area contributed by atoms with Gasteiger partial charge in [0.15, 0.2) is 0 Å². The van der Waals surface area contributed by atoms with Crippen molar-refractivity contribution in [2.75, 3.05) is 6.54 Å². The molecule has 3 N–H and O–H groups in total. The maximum Gasteiger partial charge on any atom is 0.328 e. The normalized spacial score (nSPS) is 10.0. The van der Waals surface area contributed by atoms with Crippen LogP contribution in [0.1, 0.15) is 23.6 Å². The number of hydrogen-bond donors (Lipinski definition) is 2. The molecule has 2 aromatic rings. The van der Waals surface area contributed by atoms with Crippen molar-refractivity contribution in [1.29, 1.82) is 0 Å². The van der Waals surface area contributed by atoms with Gasteiger partial charge in [0, 0.05) is 17.3 Å². The predicted molar refractivity (Wildman–Crippen MR) is 82.2 cm³/mol. The van der Waals surface area contributed by atoms with Crippen LogP contribution in [-0.4, -0.2) is 16.1 Å². The highest BCUT2D eigenvalue weighted by atomic mass is 16.2. The van der Waals surface area contributed by atoms with E-state index in [9.17, 15) is 9.59 Å². The lowest BCUT2D eigenvalue weighted by molar-refractivity contribution is 0.706. The van der Waals surface area contributed by atoms with Gasteiger partial charge in [0.1, 0.15) is 0 Å². The summed E-state index contributed by atoms with van der Waals surface area (Å²) < 4.78 is 1.49. The average molecular weight is 283 g/mol. The Morgan fingerprint density at radius 3 is 2.71 bits per heavy atom. The number of nitrogens with zero attached hydrogens (tertiary/aromatic N) is 1. The molecular weight excluding hydrogens is 266 g/mol. The molecule has 0 radical (unpaired) electrons. The summed E-state index contributed by atoms with van der Waals surface area (Å²) in [5.41, 5.74) is 6.97. The summed E-state index contributed by atoms with van der Waals surface area (Å²) in [5.74, 6) is 5.80. The number of nitrogens with two attached hydrogens (primary N) is 1. The molecule has 1 aromatic carbocycles. The fraction of sp³-hybridized carbons (Fsp3) is 0.250. The Balaban J connectivity index is 2.44. The maximum atomic E-state index is 11.9. The van der Waals surface area contributed by atoms with Crippen molar-refractivity contribution in [3.63, 3.8) is 0 Å². The molecule has 0 aliphatic rings. The Morgan fingerprint density at radius 2 is 2.00 bits per heavy atom. The summed E-state index contributed by atoms with van der Waals surface area (Å²) >= 11 is 0. The van der Waals surface area contributed by atoms with E-state index in [-0.39, 0.29) is 12.1 Å². The first-order chi connectivity index (χ1) is 10.2. The summed E-state index contributed by atoms with van der Waals surface area (Å²) in [4.78, 5) is 25.8. The van der Waals surface area contributed by atoms with Crippen LogP contribution in [0, 0.1) is 11.8 Å². The minimum Gasteiger partial charge on any atom is -0.320 e. The van der Waals surface area contributed by atoms with E-state index >= 15 is 0 Å². The highest BCUT2D eigenvalue weighted by Gasteiger charge is 2.06. The quantitative estimate of drug-likeness (QED) is 0.803. The van der Waals surface area contributed by atoms with Gasteiger partial charge in [0.25, 0.3) is 5.56 Å². The average Bonchev–Trinajstić information content (AvgIpc) is 2.49. The molecule has 108 valence electrons. The SMILES string of the molecule is CCc1cn(Cc2ccccc2C#CCN)c(=O)[nH]c1=O. The highest BCUT2D eigenvalue weighted by molar-refractivity contribution is 5.41. The minimum atomic E-state index is -0.418. The van der Waals surface area contributed by atoms with Crippen LogP contribution < -0.4 is 17.0 Å². The highest BCUT2D eigenvalue weighted by Crippen LogP contribution is 2.08. The minimum absolute atomic E-state index is 0.285. The first-order valence-corrected chi connectivity index (χ1v) is 6.75. The molecule has 1 aromatic heterocycles. The van der Waals surface area contributed by atoms with Gasteiger partial charge in [-0.25, -0.2) is 4.79 Å². The van der Waals surface area contributed by atoms with Crippen molar-refractivity contribution >= 4 is 0 Å². The van der Waals surface area contributed by atoms with E-state index < -0.39 is 5.69 Å². The van der Waals surface area contributed by atoms with Crippen LogP contribution >= 0.6 is 0 Å². The van der Waals surface area contributed by atoms with Crippen LogP contribution in [0.5, 0.6) is 0 Å². The number of benzene rings is 1. The van der Waals surface area contributed by atoms with Crippen molar-refractivity contribution in [3.8, 4) is 11.8 Å². The van der Waals surface area contributed by atoms with E-state index in [2.05, 4.69) is 16.8 Å². The lowest BCUT2D eigenvalue weighted by atomic mass is 10.1. The number of aromatic nitrogens is 2. The van der Waals surface area contributed by atoms with Crippen LogP contribution in [0.2, 0.25) is 0 Å². The summed E-state index contributed by atoms with van der Waals surface area (Å²) in [6.07, 6.45) is 2.18.